The molecule has 1 aliphatic carbocycles. The topological polar surface area (TPSA) is 34.1 Å². The fourth-order valence-electron chi connectivity index (χ4n) is 1.29. The van der Waals surface area contributed by atoms with E-state index in [2.05, 4.69) is 10.3 Å². The molecule has 82 valence electrons. The van der Waals surface area contributed by atoms with Gasteiger partial charge in [-0.05, 0) is 30.9 Å². The highest BCUT2D eigenvalue weighted by atomic mass is 35.5. The number of hydrogen-bond donors (Lipinski definition) is 1. The summed E-state index contributed by atoms with van der Waals surface area (Å²) >= 11 is 5.75. The van der Waals surface area contributed by atoms with Gasteiger partial charge in [-0.2, -0.15) is 0 Å². The first-order valence-corrected chi connectivity index (χ1v) is 5.66. The van der Waals surface area contributed by atoms with Gasteiger partial charge in [0.15, 0.2) is 0 Å². The summed E-state index contributed by atoms with van der Waals surface area (Å²) in [7, 11) is 0. The summed E-state index contributed by atoms with van der Waals surface area (Å²) in [5.41, 5.74) is 0. The molecule has 1 saturated carbocycles. The number of nitrogens with one attached hydrogen (secondary N) is 1. The molecule has 0 saturated heterocycles. The van der Waals surface area contributed by atoms with Crippen LogP contribution in [0.4, 0.5) is 5.82 Å². The van der Waals surface area contributed by atoms with E-state index in [-0.39, 0.29) is 0 Å². The molecule has 0 bridgehead atoms. The molecule has 0 amide bonds. The minimum atomic E-state index is 0.513. The number of pyridine rings is 1. The number of rotatable bonds is 6. The third-order valence-corrected chi connectivity index (χ3v) is 2.53. The van der Waals surface area contributed by atoms with Crippen molar-refractivity contribution in [2.75, 3.05) is 25.1 Å². The number of hydrogen-bond acceptors (Lipinski definition) is 3. The standard InChI is InChI=1S/C11H15ClN2O/c12-10-2-1-3-11(14-10)13-6-7-15-8-9-4-5-9/h1-3,9H,4-8H2,(H,13,14). The molecule has 0 unspecified atom stereocenters. The van der Waals surface area contributed by atoms with E-state index in [0.717, 1.165) is 31.5 Å². The molecule has 1 aromatic rings. The Kier molecular flexibility index (Phi) is 3.80. The van der Waals surface area contributed by atoms with Crippen molar-refractivity contribution in [3.05, 3.63) is 23.4 Å². The summed E-state index contributed by atoms with van der Waals surface area (Å²) in [5, 5.41) is 3.67. The second kappa shape index (κ2) is 5.33. The smallest absolute Gasteiger partial charge is 0.131 e. The van der Waals surface area contributed by atoms with Crippen LogP contribution in [0.1, 0.15) is 12.8 Å². The Morgan fingerprint density at radius 2 is 2.33 bits per heavy atom. The third-order valence-electron chi connectivity index (χ3n) is 2.32. The number of halogens is 1. The van der Waals surface area contributed by atoms with E-state index < -0.39 is 0 Å². The molecule has 2 rings (SSSR count). The largest absolute Gasteiger partial charge is 0.379 e. The monoisotopic (exact) mass is 226 g/mol. The number of ether oxygens (including phenoxy) is 1. The molecular formula is C11H15ClN2O. The van der Waals surface area contributed by atoms with E-state index in [9.17, 15) is 0 Å². The van der Waals surface area contributed by atoms with Crippen LogP contribution in [-0.2, 0) is 4.74 Å². The van der Waals surface area contributed by atoms with E-state index >= 15 is 0 Å². The van der Waals surface area contributed by atoms with Gasteiger partial charge >= 0.3 is 0 Å². The Morgan fingerprint density at radius 3 is 3.07 bits per heavy atom. The van der Waals surface area contributed by atoms with E-state index in [1.54, 1.807) is 6.07 Å². The summed E-state index contributed by atoms with van der Waals surface area (Å²) in [6, 6.07) is 5.53. The molecule has 15 heavy (non-hydrogen) atoms. The van der Waals surface area contributed by atoms with Gasteiger partial charge in [-0.25, -0.2) is 4.98 Å². The highest BCUT2D eigenvalue weighted by molar-refractivity contribution is 6.29. The van der Waals surface area contributed by atoms with Crippen LogP contribution in [-0.4, -0.2) is 24.7 Å². The summed E-state index contributed by atoms with van der Waals surface area (Å²) in [6.07, 6.45) is 2.67. The van der Waals surface area contributed by atoms with Crippen LogP contribution >= 0.6 is 11.6 Å². The lowest BCUT2D eigenvalue weighted by Crippen LogP contribution is -2.11. The van der Waals surface area contributed by atoms with Crippen LogP contribution in [0.25, 0.3) is 0 Å². The molecule has 3 nitrogen and oxygen atoms in total. The van der Waals surface area contributed by atoms with E-state index in [0.29, 0.717) is 5.15 Å². The maximum atomic E-state index is 5.75. The first-order valence-electron chi connectivity index (χ1n) is 5.29. The van der Waals surface area contributed by atoms with E-state index in [4.69, 9.17) is 16.3 Å². The third kappa shape index (κ3) is 4.06. The average molecular weight is 227 g/mol. The zero-order valence-corrected chi connectivity index (χ0v) is 9.33. The van der Waals surface area contributed by atoms with Gasteiger partial charge in [-0.3, -0.25) is 0 Å². The Hall–Kier alpha value is -0.800. The lowest BCUT2D eigenvalue weighted by atomic mass is 10.4. The molecule has 1 N–H and O–H groups in total. The SMILES string of the molecule is Clc1cccc(NCCOCC2CC2)n1. The highest BCUT2D eigenvalue weighted by Gasteiger charge is 2.20. The first-order chi connectivity index (χ1) is 7.34. The molecule has 0 atom stereocenters. The van der Waals surface area contributed by atoms with Crippen molar-refractivity contribution in [1.29, 1.82) is 0 Å². The van der Waals surface area contributed by atoms with Crippen molar-refractivity contribution < 1.29 is 4.74 Å². The Bertz CT molecular complexity index is 315. The van der Waals surface area contributed by atoms with Crippen molar-refractivity contribution in [1.82, 2.24) is 4.98 Å². The van der Waals surface area contributed by atoms with Crippen LogP contribution in [0.3, 0.4) is 0 Å². The summed E-state index contributed by atoms with van der Waals surface area (Å²) in [4.78, 5) is 4.12. The molecule has 0 aliphatic heterocycles. The second-order valence-electron chi connectivity index (χ2n) is 3.79. The molecule has 1 aromatic heterocycles. The molecule has 0 spiro atoms. The number of nitrogens with zero attached hydrogens (tertiary/aromatic N) is 1. The van der Waals surface area contributed by atoms with Gasteiger partial charge in [0, 0.05) is 13.2 Å². The van der Waals surface area contributed by atoms with Gasteiger partial charge in [0.25, 0.3) is 0 Å². The molecule has 4 heteroatoms. The fourth-order valence-corrected chi connectivity index (χ4v) is 1.46. The summed E-state index contributed by atoms with van der Waals surface area (Å²) in [5.74, 6) is 1.63. The minimum absolute atomic E-state index is 0.513. The molecule has 0 aromatic carbocycles. The Morgan fingerprint density at radius 1 is 1.47 bits per heavy atom. The van der Waals surface area contributed by atoms with Gasteiger partial charge in [-0.15, -0.1) is 0 Å². The molecule has 1 fully saturated rings. The molecule has 0 radical (unpaired) electrons. The van der Waals surface area contributed by atoms with Gasteiger partial charge < -0.3 is 10.1 Å². The fraction of sp³-hybridized carbons (Fsp3) is 0.545. The Labute approximate surface area is 94.8 Å². The van der Waals surface area contributed by atoms with Crippen molar-refractivity contribution in [2.45, 2.75) is 12.8 Å². The quantitative estimate of drug-likeness (QED) is 0.598. The predicted molar refractivity (Wildman–Crippen MR) is 61.3 cm³/mol. The van der Waals surface area contributed by atoms with Crippen LogP contribution < -0.4 is 5.32 Å². The lowest BCUT2D eigenvalue weighted by Gasteiger charge is -2.06. The van der Waals surface area contributed by atoms with Crippen molar-refractivity contribution in [3.63, 3.8) is 0 Å². The van der Waals surface area contributed by atoms with E-state index in [1.807, 2.05) is 12.1 Å². The molecule has 1 heterocycles. The number of anilines is 1. The van der Waals surface area contributed by atoms with Crippen molar-refractivity contribution in [2.24, 2.45) is 5.92 Å². The lowest BCUT2D eigenvalue weighted by molar-refractivity contribution is 0.134. The van der Waals surface area contributed by atoms with Crippen LogP contribution in [0, 0.1) is 5.92 Å². The summed E-state index contributed by atoms with van der Waals surface area (Å²) < 4.78 is 5.49. The zero-order chi connectivity index (χ0) is 10.5. The van der Waals surface area contributed by atoms with Gasteiger partial charge in [0.05, 0.1) is 6.61 Å². The van der Waals surface area contributed by atoms with Crippen molar-refractivity contribution in [3.8, 4) is 0 Å². The van der Waals surface area contributed by atoms with Crippen LogP contribution in [0.2, 0.25) is 5.15 Å². The average Bonchev–Trinajstić information content (AvgIpc) is 3.01. The minimum Gasteiger partial charge on any atom is -0.379 e. The highest BCUT2D eigenvalue weighted by Crippen LogP contribution is 2.28. The molecular weight excluding hydrogens is 212 g/mol. The number of aromatic nitrogens is 1. The summed E-state index contributed by atoms with van der Waals surface area (Å²) in [6.45, 7) is 2.41. The van der Waals surface area contributed by atoms with Crippen molar-refractivity contribution >= 4 is 17.4 Å². The second-order valence-corrected chi connectivity index (χ2v) is 4.18. The predicted octanol–water partition coefficient (Wildman–Crippen LogP) is 2.57. The maximum absolute atomic E-state index is 5.75. The van der Waals surface area contributed by atoms with Crippen LogP contribution in [0.15, 0.2) is 18.2 Å². The van der Waals surface area contributed by atoms with E-state index in [1.165, 1.54) is 12.8 Å². The Balaban J connectivity index is 1.60. The first kappa shape index (κ1) is 10.7. The van der Waals surface area contributed by atoms with Gasteiger partial charge in [-0.1, -0.05) is 17.7 Å². The van der Waals surface area contributed by atoms with Gasteiger partial charge in [0.1, 0.15) is 11.0 Å². The zero-order valence-electron chi connectivity index (χ0n) is 8.58. The van der Waals surface area contributed by atoms with Crippen LogP contribution in [0.5, 0.6) is 0 Å². The normalized spacial score (nSPS) is 15.3. The van der Waals surface area contributed by atoms with Gasteiger partial charge in [0.2, 0.25) is 0 Å². The molecule has 1 aliphatic rings. The maximum Gasteiger partial charge on any atom is 0.131 e.